The SMILES string of the molecule is Cc1c(-c2cc3cc(Nc4cc5n(n4)CC(=O)NCC5)ncc3c(N)c2F)cnc2c1C(O)CCO2. The van der Waals surface area contributed by atoms with Crippen molar-refractivity contribution in [1.29, 1.82) is 0 Å². The molecule has 2 aliphatic heterocycles. The summed E-state index contributed by atoms with van der Waals surface area (Å²) in [6, 6.07) is 5.35. The van der Waals surface area contributed by atoms with E-state index in [1.54, 1.807) is 23.0 Å². The fourth-order valence-electron chi connectivity index (χ4n) is 4.86. The third kappa shape index (κ3) is 3.68. The van der Waals surface area contributed by atoms with Crippen molar-refractivity contribution in [2.75, 3.05) is 24.2 Å². The number of fused-ring (bicyclic) bond motifs is 3. The number of hydrogen-bond donors (Lipinski definition) is 4. The minimum atomic E-state index is -0.724. The first-order valence-electron chi connectivity index (χ1n) is 11.7. The number of aromatic nitrogens is 4. The van der Waals surface area contributed by atoms with E-state index in [2.05, 4.69) is 25.7 Å². The standard InChI is InChI=1S/C25H24FN7O3/c1-12-16(9-30-25-22(12)18(34)3-5-36-25)15-6-13-7-19(29-10-17(13)24(27)23(15)26)31-20-8-14-2-4-28-21(35)11-33(14)32-20/h6-10,18,34H,2-5,11,27H2,1H3,(H,28,35)(H,29,31,32). The Labute approximate surface area is 205 Å². The molecule has 10 nitrogen and oxygen atoms in total. The number of carbonyl (C=O) groups is 1. The van der Waals surface area contributed by atoms with Gasteiger partial charge in [-0.2, -0.15) is 5.10 Å². The van der Waals surface area contributed by atoms with Gasteiger partial charge in [-0.3, -0.25) is 9.48 Å². The maximum atomic E-state index is 15.4. The van der Waals surface area contributed by atoms with Crippen LogP contribution in [-0.2, 0) is 17.8 Å². The van der Waals surface area contributed by atoms with Gasteiger partial charge in [0.15, 0.2) is 11.6 Å². The minimum absolute atomic E-state index is 0.0183. The average molecular weight is 490 g/mol. The molecule has 6 rings (SSSR count). The number of nitrogen functional groups attached to an aromatic ring is 1. The number of rotatable bonds is 3. The summed E-state index contributed by atoms with van der Waals surface area (Å²) in [7, 11) is 0. The number of aliphatic hydroxyl groups excluding tert-OH is 1. The zero-order valence-electron chi connectivity index (χ0n) is 19.5. The molecule has 0 saturated carbocycles. The van der Waals surface area contributed by atoms with Gasteiger partial charge in [-0.15, -0.1) is 0 Å². The summed E-state index contributed by atoms with van der Waals surface area (Å²) in [6.45, 7) is 2.92. The molecule has 3 aromatic heterocycles. The molecule has 1 unspecified atom stereocenters. The van der Waals surface area contributed by atoms with E-state index < -0.39 is 11.9 Å². The number of aliphatic hydroxyl groups is 1. The van der Waals surface area contributed by atoms with E-state index >= 15 is 4.39 Å². The Morgan fingerprint density at radius 2 is 2.08 bits per heavy atom. The van der Waals surface area contributed by atoms with Crippen LogP contribution in [-0.4, -0.2) is 43.9 Å². The van der Waals surface area contributed by atoms with Crippen molar-refractivity contribution in [2.24, 2.45) is 0 Å². The van der Waals surface area contributed by atoms with Crippen LogP contribution in [0.15, 0.2) is 30.6 Å². The molecular formula is C25H24FN7O3. The number of pyridine rings is 2. The third-order valence-electron chi connectivity index (χ3n) is 6.72. The highest BCUT2D eigenvalue weighted by Gasteiger charge is 2.26. The lowest BCUT2D eigenvalue weighted by Crippen LogP contribution is -2.25. The monoisotopic (exact) mass is 489 g/mol. The number of benzene rings is 1. The number of carbonyl (C=O) groups excluding carboxylic acids is 1. The summed E-state index contributed by atoms with van der Waals surface area (Å²) < 4.78 is 22.7. The highest BCUT2D eigenvalue weighted by Crippen LogP contribution is 2.40. The Balaban J connectivity index is 1.39. The second-order valence-electron chi connectivity index (χ2n) is 9.01. The van der Waals surface area contributed by atoms with Crippen LogP contribution in [0.1, 0.15) is 29.3 Å². The molecule has 0 fully saturated rings. The molecule has 0 aliphatic carbocycles. The van der Waals surface area contributed by atoms with Crippen LogP contribution in [0, 0.1) is 12.7 Å². The lowest BCUT2D eigenvalue weighted by molar-refractivity contribution is -0.121. The number of anilines is 3. The fraction of sp³-hybridized carbons (Fsp3) is 0.280. The molecule has 11 heteroatoms. The zero-order valence-corrected chi connectivity index (χ0v) is 19.5. The summed E-state index contributed by atoms with van der Waals surface area (Å²) in [6.07, 6.45) is 3.47. The first kappa shape index (κ1) is 22.2. The van der Waals surface area contributed by atoms with Crippen LogP contribution in [0.5, 0.6) is 5.88 Å². The summed E-state index contributed by atoms with van der Waals surface area (Å²) in [5, 5.41) is 22.1. The Bertz CT molecular complexity index is 1530. The lowest BCUT2D eigenvalue weighted by atomic mass is 9.92. The van der Waals surface area contributed by atoms with Crippen LogP contribution < -0.4 is 21.1 Å². The maximum absolute atomic E-state index is 15.4. The number of ether oxygens (including phenoxy) is 1. The largest absolute Gasteiger partial charge is 0.477 e. The van der Waals surface area contributed by atoms with E-state index in [1.807, 2.05) is 13.0 Å². The van der Waals surface area contributed by atoms with E-state index in [9.17, 15) is 9.90 Å². The van der Waals surface area contributed by atoms with Crippen molar-refractivity contribution in [2.45, 2.75) is 32.4 Å². The summed E-state index contributed by atoms with van der Waals surface area (Å²) in [4.78, 5) is 20.5. The molecule has 184 valence electrons. The number of amides is 1. The number of nitrogens with one attached hydrogen (secondary N) is 2. The molecule has 1 atom stereocenters. The van der Waals surface area contributed by atoms with Gasteiger partial charge in [0, 0.05) is 65.6 Å². The van der Waals surface area contributed by atoms with Crippen molar-refractivity contribution in [1.82, 2.24) is 25.1 Å². The average Bonchev–Trinajstić information content (AvgIpc) is 3.13. The first-order chi connectivity index (χ1) is 17.4. The van der Waals surface area contributed by atoms with E-state index in [1.165, 1.54) is 6.20 Å². The number of hydrogen-bond acceptors (Lipinski definition) is 8. The third-order valence-corrected chi connectivity index (χ3v) is 6.72. The predicted molar refractivity (Wildman–Crippen MR) is 131 cm³/mol. The molecule has 0 radical (unpaired) electrons. The number of nitrogens with two attached hydrogens (primary N) is 1. The molecule has 0 bridgehead atoms. The van der Waals surface area contributed by atoms with Gasteiger partial charge in [-0.05, 0) is 30.0 Å². The zero-order chi connectivity index (χ0) is 25.0. The fourth-order valence-corrected chi connectivity index (χ4v) is 4.86. The van der Waals surface area contributed by atoms with Gasteiger partial charge in [-0.1, -0.05) is 0 Å². The second-order valence-corrected chi connectivity index (χ2v) is 9.01. The lowest BCUT2D eigenvalue weighted by Gasteiger charge is -2.24. The van der Waals surface area contributed by atoms with Crippen LogP contribution in [0.3, 0.4) is 0 Å². The van der Waals surface area contributed by atoms with E-state index in [0.717, 1.165) is 5.69 Å². The molecule has 2 aliphatic rings. The molecule has 0 spiro atoms. The number of nitrogens with zero attached hydrogens (tertiary/aromatic N) is 4. The van der Waals surface area contributed by atoms with E-state index in [-0.39, 0.29) is 23.7 Å². The Hall–Kier alpha value is -4.25. The summed E-state index contributed by atoms with van der Waals surface area (Å²) in [5.74, 6) is 0.781. The Morgan fingerprint density at radius 3 is 2.94 bits per heavy atom. The Kier molecular flexibility index (Phi) is 5.22. The van der Waals surface area contributed by atoms with E-state index in [4.69, 9.17) is 10.5 Å². The highest BCUT2D eigenvalue weighted by molar-refractivity contribution is 5.98. The molecule has 5 heterocycles. The summed E-state index contributed by atoms with van der Waals surface area (Å²) in [5.41, 5.74) is 9.18. The normalized spacial score (nSPS) is 17.1. The van der Waals surface area contributed by atoms with Crippen LogP contribution >= 0.6 is 0 Å². The maximum Gasteiger partial charge on any atom is 0.241 e. The Morgan fingerprint density at radius 1 is 1.22 bits per heavy atom. The van der Waals surface area contributed by atoms with E-state index in [0.29, 0.717) is 71.0 Å². The smallest absolute Gasteiger partial charge is 0.241 e. The quantitative estimate of drug-likeness (QED) is 0.322. The van der Waals surface area contributed by atoms with Crippen molar-refractivity contribution in [3.8, 4) is 17.0 Å². The van der Waals surface area contributed by atoms with Crippen LogP contribution in [0.4, 0.5) is 21.7 Å². The van der Waals surface area contributed by atoms with Gasteiger partial charge in [0.05, 0.1) is 18.4 Å². The van der Waals surface area contributed by atoms with Gasteiger partial charge in [0.25, 0.3) is 0 Å². The molecule has 1 amide bonds. The minimum Gasteiger partial charge on any atom is -0.477 e. The van der Waals surface area contributed by atoms with Gasteiger partial charge in [0.2, 0.25) is 11.8 Å². The van der Waals surface area contributed by atoms with Gasteiger partial charge in [-0.25, -0.2) is 14.4 Å². The van der Waals surface area contributed by atoms with Gasteiger partial charge in [0.1, 0.15) is 12.4 Å². The predicted octanol–water partition coefficient (Wildman–Crippen LogP) is 2.75. The van der Waals surface area contributed by atoms with Gasteiger partial charge >= 0.3 is 0 Å². The number of halogens is 1. The van der Waals surface area contributed by atoms with Crippen molar-refractivity contribution >= 4 is 34.0 Å². The molecular weight excluding hydrogens is 465 g/mol. The van der Waals surface area contributed by atoms with Crippen molar-refractivity contribution in [3.63, 3.8) is 0 Å². The van der Waals surface area contributed by atoms with Crippen molar-refractivity contribution < 1.29 is 19.0 Å². The first-order valence-corrected chi connectivity index (χ1v) is 11.7. The topological polar surface area (TPSA) is 140 Å². The van der Waals surface area contributed by atoms with Crippen molar-refractivity contribution in [3.05, 3.63) is 53.2 Å². The molecule has 5 N–H and O–H groups in total. The second kappa shape index (κ2) is 8.45. The molecule has 4 aromatic rings. The molecule has 0 saturated heterocycles. The molecule has 36 heavy (non-hydrogen) atoms. The highest BCUT2D eigenvalue weighted by atomic mass is 19.1. The summed E-state index contributed by atoms with van der Waals surface area (Å²) >= 11 is 0. The van der Waals surface area contributed by atoms with Crippen LogP contribution in [0.2, 0.25) is 0 Å². The van der Waals surface area contributed by atoms with Crippen LogP contribution in [0.25, 0.3) is 21.9 Å². The van der Waals surface area contributed by atoms with Gasteiger partial charge < -0.3 is 26.2 Å². The molecule has 1 aromatic carbocycles.